The minimum absolute atomic E-state index is 0.0845. The number of nitrogens with zero attached hydrogens (tertiary/aromatic N) is 2. The molecule has 6 heteroatoms. The van der Waals surface area contributed by atoms with Crippen LogP contribution >= 0.6 is 15.9 Å². The van der Waals surface area contributed by atoms with Crippen molar-refractivity contribution in [1.82, 2.24) is 0 Å². The van der Waals surface area contributed by atoms with Gasteiger partial charge in [0.2, 0.25) is 0 Å². The molecule has 3 aromatic rings. The number of amides is 1. The van der Waals surface area contributed by atoms with Gasteiger partial charge in [0.05, 0.1) is 11.6 Å². The fraction of sp³-hybridized carbons (Fsp3) is 0.214. The highest BCUT2D eigenvalue weighted by Crippen LogP contribution is 2.42. The lowest BCUT2D eigenvalue weighted by Crippen LogP contribution is -2.29. The quantitative estimate of drug-likeness (QED) is 0.246. The summed E-state index contributed by atoms with van der Waals surface area (Å²) in [6.07, 6.45) is 0. The van der Waals surface area contributed by atoms with E-state index < -0.39 is 17.7 Å². The van der Waals surface area contributed by atoms with E-state index >= 15 is 0 Å². The zero-order chi connectivity index (χ0) is 24.6. The Morgan fingerprint density at radius 2 is 1.50 bits per heavy atom. The van der Waals surface area contributed by atoms with Crippen LogP contribution in [0, 0.1) is 0 Å². The summed E-state index contributed by atoms with van der Waals surface area (Å²) in [6, 6.07) is 21.6. The van der Waals surface area contributed by atoms with Gasteiger partial charge in [0.15, 0.2) is 0 Å². The van der Waals surface area contributed by atoms with Gasteiger partial charge in [0, 0.05) is 35.5 Å². The summed E-state index contributed by atoms with van der Waals surface area (Å²) in [5.74, 6) is -1.19. The first kappa shape index (κ1) is 23.8. The standard InChI is InChI=1S/C28H27BrN2O3/c1-17(2)18-5-7-19(8-6-18)25-24(26(32)20-9-11-21(29)12-10-20)27(33)28(34)31(25)23-15-13-22(14-16-23)30(3)4/h5-17,25,32H,1-4H3/b26-24+. The third-order valence-corrected chi connectivity index (χ3v) is 6.65. The number of Topliss-reactive ketones (excluding diaryl/α,β-unsaturated/α-hetero) is 1. The fourth-order valence-electron chi connectivity index (χ4n) is 4.15. The summed E-state index contributed by atoms with van der Waals surface area (Å²) < 4.78 is 0.853. The van der Waals surface area contributed by atoms with Crippen molar-refractivity contribution < 1.29 is 14.7 Å². The zero-order valence-corrected chi connectivity index (χ0v) is 21.2. The summed E-state index contributed by atoms with van der Waals surface area (Å²) in [4.78, 5) is 30.0. The molecule has 1 heterocycles. The molecular weight excluding hydrogens is 492 g/mol. The number of carbonyl (C=O) groups excluding carboxylic acids is 2. The molecule has 1 aliphatic heterocycles. The van der Waals surface area contributed by atoms with Gasteiger partial charge in [-0.1, -0.05) is 66.2 Å². The maximum absolute atomic E-state index is 13.3. The van der Waals surface area contributed by atoms with Crippen molar-refractivity contribution >= 4 is 44.8 Å². The van der Waals surface area contributed by atoms with Crippen molar-refractivity contribution in [1.29, 1.82) is 0 Å². The van der Waals surface area contributed by atoms with Crippen LogP contribution in [0.5, 0.6) is 0 Å². The highest BCUT2D eigenvalue weighted by Gasteiger charge is 2.47. The van der Waals surface area contributed by atoms with E-state index in [-0.39, 0.29) is 11.3 Å². The van der Waals surface area contributed by atoms with Gasteiger partial charge in [-0.2, -0.15) is 0 Å². The molecule has 0 saturated carbocycles. The summed E-state index contributed by atoms with van der Waals surface area (Å²) in [5, 5.41) is 11.2. The van der Waals surface area contributed by atoms with E-state index in [1.54, 1.807) is 24.3 Å². The van der Waals surface area contributed by atoms with Gasteiger partial charge in [0.1, 0.15) is 5.76 Å². The van der Waals surface area contributed by atoms with Crippen LogP contribution in [0.25, 0.3) is 5.76 Å². The summed E-state index contributed by atoms with van der Waals surface area (Å²) in [7, 11) is 3.88. The second-order valence-electron chi connectivity index (χ2n) is 8.91. The van der Waals surface area contributed by atoms with Crippen molar-refractivity contribution in [3.05, 3.63) is 99.5 Å². The topological polar surface area (TPSA) is 60.9 Å². The van der Waals surface area contributed by atoms with Crippen molar-refractivity contribution in [2.45, 2.75) is 25.8 Å². The van der Waals surface area contributed by atoms with Crippen LogP contribution in [-0.4, -0.2) is 30.9 Å². The van der Waals surface area contributed by atoms with Crippen LogP contribution < -0.4 is 9.80 Å². The third kappa shape index (κ3) is 4.38. The monoisotopic (exact) mass is 518 g/mol. The van der Waals surface area contributed by atoms with E-state index in [1.165, 1.54) is 4.90 Å². The van der Waals surface area contributed by atoms with Crippen molar-refractivity contribution in [3.63, 3.8) is 0 Å². The van der Waals surface area contributed by atoms with Gasteiger partial charge < -0.3 is 10.0 Å². The second kappa shape index (κ2) is 9.47. The molecule has 1 fully saturated rings. The average molecular weight is 519 g/mol. The fourth-order valence-corrected chi connectivity index (χ4v) is 4.42. The van der Waals surface area contributed by atoms with Crippen molar-refractivity contribution in [3.8, 4) is 0 Å². The molecule has 34 heavy (non-hydrogen) atoms. The average Bonchev–Trinajstić information content (AvgIpc) is 3.09. The molecular formula is C28H27BrN2O3. The highest BCUT2D eigenvalue weighted by atomic mass is 79.9. The van der Waals surface area contributed by atoms with E-state index in [9.17, 15) is 14.7 Å². The molecule has 1 saturated heterocycles. The number of benzene rings is 3. The van der Waals surface area contributed by atoms with E-state index in [1.807, 2.05) is 67.5 Å². The van der Waals surface area contributed by atoms with Crippen LogP contribution in [0.1, 0.15) is 42.5 Å². The first-order chi connectivity index (χ1) is 16.2. The summed E-state index contributed by atoms with van der Waals surface area (Å²) in [5.41, 5.74) is 4.06. The maximum atomic E-state index is 13.3. The normalized spacial score (nSPS) is 17.5. The van der Waals surface area contributed by atoms with Crippen LogP contribution in [0.15, 0.2) is 82.8 Å². The Balaban J connectivity index is 1.89. The molecule has 4 rings (SSSR count). The van der Waals surface area contributed by atoms with Gasteiger partial charge in [-0.15, -0.1) is 0 Å². The first-order valence-corrected chi connectivity index (χ1v) is 11.9. The smallest absolute Gasteiger partial charge is 0.300 e. The molecule has 0 radical (unpaired) electrons. The number of anilines is 2. The van der Waals surface area contributed by atoms with Crippen LogP contribution in [0.4, 0.5) is 11.4 Å². The molecule has 0 aromatic heterocycles. The Morgan fingerprint density at radius 3 is 2.03 bits per heavy atom. The minimum Gasteiger partial charge on any atom is -0.507 e. The Bertz CT molecular complexity index is 1240. The summed E-state index contributed by atoms with van der Waals surface area (Å²) >= 11 is 3.39. The predicted molar refractivity (Wildman–Crippen MR) is 140 cm³/mol. The Morgan fingerprint density at radius 1 is 0.912 bits per heavy atom. The Kier molecular flexibility index (Phi) is 6.62. The zero-order valence-electron chi connectivity index (χ0n) is 19.6. The molecule has 0 bridgehead atoms. The number of hydrogen-bond acceptors (Lipinski definition) is 4. The number of carbonyl (C=O) groups is 2. The van der Waals surface area contributed by atoms with Gasteiger partial charge in [-0.3, -0.25) is 14.5 Å². The summed E-state index contributed by atoms with van der Waals surface area (Å²) in [6.45, 7) is 4.22. The largest absolute Gasteiger partial charge is 0.507 e. The van der Waals surface area contributed by atoms with E-state index in [4.69, 9.17) is 0 Å². The molecule has 0 spiro atoms. The lowest BCUT2D eigenvalue weighted by Gasteiger charge is -2.26. The van der Waals surface area contributed by atoms with Crippen molar-refractivity contribution in [2.75, 3.05) is 23.9 Å². The first-order valence-electron chi connectivity index (χ1n) is 11.1. The van der Waals surface area contributed by atoms with Gasteiger partial charge >= 0.3 is 0 Å². The molecule has 0 aliphatic carbocycles. The van der Waals surface area contributed by atoms with Crippen LogP contribution in [-0.2, 0) is 9.59 Å². The molecule has 1 aliphatic rings. The molecule has 1 atom stereocenters. The third-order valence-electron chi connectivity index (χ3n) is 6.13. The molecule has 3 aromatic carbocycles. The molecule has 1 unspecified atom stereocenters. The number of rotatable bonds is 5. The number of ketones is 1. The van der Waals surface area contributed by atoms with Gasteiger partial charge in [-0.25, -0.2) is 0 Å². The van der Waals surface area contributed by atoms with E-state index in [0.717, 1.165) is 21.3 Å². The molecule has 174 valence electrons. The van der Waals surface area contributed by atoms with Crippen molar-refractivity contribution in [2.24, 2.45) is 0 Å². The van der Waals surface area contributed by atoms with E-state index in [2.05, 4.69) is 29.8 Å². The maximum Gasteiger partial charge on any atom is 0.300 e. The Labute approximate surface area is 208 Å². The lowest BCUT2D eigenvalue weighted by atomic mass is 9.93. The predicted octanol–water partition coefficient (Wildman–Crippen LogP) is 6.26. The second-order valence-corrected chi connectivity index (χ2v) is 9.82. The van der Waals surface area contributed by atoms with Gasteiger partial charge in [0.25, 0.3) is 11.7 Å². The molecule has 5 nitrogen and oxygen atoms in total. The minimum atomic E-state index is -0.741. The Hall–Kier alpha value is -3.38. The molecule has 1 N–H and O–H groups in total. The number of aliphatic hydroxyl groups is 1. The van der Waals surface area contributed by atoms with Crippen LogP contribution in [0.3, 0.4) is 0 Å². The van der Waals surface area contributed by atoms with Crippen LogP contribution in [0.2, 0.25) is 0 Å². The lowest BCUT2D eigenvalue weighted by molar-refractivity contribution is -0.132. The SMILES string of the molecule is CC(C)c1ccc(C2/C(=C(\O)c3ccc(Br)cc3)C(=O)C(=O)N2c2ccc(N(C)C)cc2)cc1. The van der Waals surface area contributed by atoms with Gasteiger partial charge in [-0.05, 0) is 53.4 Å². The number of halogens is 1. The number of aliphatic hydroxyl groups excluding tert-OH is 1. The van der Waals surface area contributed by atoms with E-state index in [0.29, 0.717) is 17.2 Å². The number of hydrogen-bond donors (Lipinski definition) is 1. The highest BCUT2D eigenvalue weighted by molar-refractivity contribution is 9.10. The molecule has 1 amide bonds.